The number of rotatable bonds is 10. The summed E-state index contributed by atoms with van der Waals surface area (Å²) in [4.78, 5) is 0. The minimum atomic E-state index is -3.33. The quantitative estimate of drug-likeness (QED) is 0.309. The van der Waals surface area contributed by atoms with Crippen LogP contribution in [0.4, 0.5) is 5.69 Å². The minimum absolute atomic E-state index is 0.0448. The third-order valence-electron chi connectivity index (χ3n) is 4.89. The molecule has 2 aromatic carbocycles. The molecule has 0 spiro atoms. The summed E-state index contributed by atoms with van der Waals surface area (Å²) in [6.45, 7) is 1.20. The molecule has 0 saturated heterocycles. The molecule has 0 amide bonds. The minimum Gasteiger partial charge on any atom is -0.492 e. The Kier molecular flexibility index (Phi) is 5.80. The number of aromatic nitrogens is 2. The van der Waals surface area contributed by atoms with Gasteiger partial charge in [-0.2, -0.15) is 0 Å². The van der Waals surface area contributed by atoms with Crippen molar-refractivity contribution in [1.29, 1.82) is 0 Å². The van der Waals surface area contributed by atoms with E-state index >= 15 is 0 Å². The number of ether oxygens (including phenoxy) is 1. The van der Waals surface area contributed by atoms with Gasteiger partial charge in [0.15, 0.2) is 0 Å². The highest BCUT2D eigenvalue weighted by Crippen LogP contribution is 2.30. The number of nitrogens with zero attached hydrogens (tertiary/aromatic N) is 1. The van der Waals surface area contributed by atoms with E-state index < -0.39 is 16.1 Å². The first kappa shape index (κ1) is 20.5. The van der Waals surface area contributed by atoms with Gasteiger partial charge in [-0.1, -0.05) is 12.1 Å². The number of aromatic amines is 1. The molecule has 0 bridgehead atoms. The number of fused-ring (bicyclic) bond motifs is 1. The van der Waals surface area contributed by atoms with Gasteiger partial charge < -0.3 is 20.3 Å². The molecule has 1 heterocycles. The van der Waals surface area contributed by atoms with Gasteiger partial charge in [-0.05, 0) is 42.7 Å². The van der Waals surface area contributed by atoms with Crippen LogP contribution in [0.3, 0.4) is 0 Å². The Hall–Kier alpha value is -2.82. The summed E-state index contributed by atoms with van der Waals surface area (Å²) < 4.78 is 32.4. The van der Waals surface area contributed by atoms with Crippen LogP contribution in [0.1, 0.15) is 24.5 Å². The lowest BCUT2D eigenvalue weighted by Crippen LogP contribution is -2.26. The summed E-state index contributed by atoms with van der Waals surface area (Å²) in [6, 6.07) is 12.0. The molecule has 1 fully saturated rings. The molecule has 1 saturated carbocycles. The lowest BCUT2D eigenvalue weighted by atomic mass is 10.1. The maximum absolute atomic E-state index is 12.1. The van der Waals surface area contributed by atoms with Crippen molar-refractivity contribution in [3.8, 4) is 11.6 Å². The van der Waals surface area contributed by atoms with Crippen molar-refractivity contribution < 1.29 is 23.4 Å². The third-order valence-corrected chi connectivity index (χ3v) is 6.76. The summed E-state index contributed by atoms with van der Waals surface area (Å²) in [7, 11) is -3.33. The van der Waals surface area contributed by atoms with E-state index in [1.807, 2.05) is 0 Å². The summed E-state index contributed by atoms with van der Waals surface area (Å²) in [5.41, 5.74) is 1.77. The maximum Gasteiger partial charge on any atom is 0.238 e. The predicted molar refractivity (Wildman–Crippen MR) is 113 cm³/mol. The Morgan fingerprint density at radius 2 is 2.07 bits per heavy atom. The Morgan fingerprint density at radius 3 is 2.87 bits per heavy atom. The van der Waals surface area contributed by atoms with Crippen molar-refractivity contribution in [2.45, 2.75) is 24.2 Å². The molecule has 9 nitrogen and oxygen atoms in total. The zero-order valence-electron chi connectivity index (χ0n) is 16.2. The summed E-state index contributed by atoms with van der Waals surface area (Å²) >= 11 is 0. The Labute approximate surface area is 174 Å². The summed E-state index contributed by atoms with van der Waals surface area (Å²) in [5, 5.41) is 29.8. The van der Waals surface area contributed by atoms with Crippen LogP contribution in [0.15, 0.2) is 42.5 Å². The average molecular weight is 433 g/mol. The van der Waals surface area contributed by atoms with E-state index in [-0.39, 0.29) is 11.1 Å². The number of nitrogens with one attached hydrogen (secondary N) is 3. The molecular weight excluding hydrogens is 408 g/mol. The van der Waals surface area contributed by atoms with Gasteiger partial charge in [0.05, 0.1) is 22.3 Å². The summed E-state index contributed by atoms with van der Waals surface area (Å²) in [5.74, 6) is 0.598. The van der Waals surface area contributed by atoms with E-state index in [1.165, 1.54) is 0 Å². The molecule has 5 N–H and O–H groups in total. The molecule has 1 aliphatic carbocycles. The molecule has 0 unspecified atom stereocenters. The number of anilines is 1. The zero-order valence-corrected chi connectivity index (χ0v) is 17.0. The van der Waals surface area contributed by atoms with Gasteiger partial charge in [0.2, 0.25) is 15.9 Å². The van der Waals surface area contributed by atoms with Crippen LogP contribution in [0.25, 0.3) is 10.9 Å². The Bertz CT molecular complexity index is 1130. The van der Waals surface area contributed by atoms with E-state index in [1.54, 1.807) is 42.5 Å². The number of benzene rings is 2. The van der Waals surface area contributed by atoms with Crippen LogP contribution in [0.2, 0.25) is 0 Å². The standard InChI is InChI=1S/C20H24N4O5S/c25-19(13-2-1-3-14(10-13)24-30(27,28)16-5-6-16)12-21-8-9-29-15-4-7-17-18(11-15)22-23-20(17)26/h1-4,7,10-11,16,19,21,24-25H,5-6,8-9,12H2,(H2,22,23,26)/t19-/m0/s1. The molecule has 1 atom stereocenters. The third kappa shape index (κ3) is 4.84. The molecule has 1 aliphatic rings. The number of hydrogen-bond donors (Lipinski definition) is 5. The maximum atomic E-state index is 12.1. The predicted octanol–water partition coefficient (Wildman–Crippen LogP) is 1.87. The molecule has 1 aromatic heterocycles. The molecule has 3 aromatic rings. The van der Waals surface area contributed by atoms with E-state index in [2.05, 4.69) is 20.2 Å². The number of hydrogen-bond acceptors (Lipinski definition) is 7. The van der Waals surface area contributed by atoms with Crippen molar-refractivity contribution in [2.75, 3.05) is 24.4 Å². The van der Waals surface area contributed by atoms with Gasteiger partial charge in [0.25, 0.3) is 0 Å². The van der Waals surface area contributed by atoms with Crippen LogP contribution in [0, 0.1) is 0 Å². The molecular formula is C20H24N4O5S. The summed E-state index contributed by atoms with van der Waals surface area (Å²) in [6.07, 6.45) is 0.615. The van der Waals surface area contributed by atoms with Crippen LogP contribution in [-0.2, 0) is 10.0 Å². The van der Waals surface area contributed by atoms with Crippen molar-refractivity contribution in [2.24, 2.45) is 0 Å². The van der Waals surface area contributed by atoms with Gasteiger partial charge in [0.1, 0.15) is 12.4 Å². The fourth-order valence-corrected chi connectivity index (χ4v) is 4.49. The first-order valence-electron chi connectivity index (χ1n) is 9.72. The van der Waals surface area contributed by atoms with Gasteiger partial charge >= 0.3 is 0 Å². The molecule has 10 heteroatoms. The van der Waals surface area contributed by atoms with Crippen LogP contribution < -0.4 is 14.8 Å². The van der Waals surface area contributed by atoms with Crippen molar-refractivity contribution in [3.05, 3.63) is 48.0 Å². The second-order valence-electron chi connectivity index (χ2n) is 7.29. The van der Waals surface area contributed by atoms with Crippen molar-refractivity contribution in [1.82, 2.24) is 15.5 Å². The van der Waals surface area contributed by atoms with Crippen molar-refractivity contribution in [3.63, 3.8) is 0 Å². The van der Waals surface area contributed by atoms with Gasteiger partial charge in [-0.3, -0.25) is 9.82 Å². The number of aliphatic hydroxyl groups is 1. The second-order valence-corrected chi connectivity index (χ2v) is 9.26. The topological polar surface area (TPSA) is 137 Å². The second kappa shape index (κ2) is 8.50. The molecule has 0 radical (unpaired) electrons. The van der Waals surface area contributed by atoms with Gasteiger partial charge in [0, 0.05) is 24.8 Å². The van der Waals surface area contributed by atoms with E-state index in [0.29, 0.717) is 60.4 Å². The number of sulfonamides is 1. The Morgan fingerprint density at radius 1 is 1.23 bits per heavy atom. The normalized spacial score (nSPS) is 15.2. The van der Waals surface area contributed by atoms with E-state index in [0.717, 1.165) is 0 Å². The lowest BCUT2D eigenvalue weighted by Gasteiger charge is -2.14. The zero-order chi connectivity index (χ0) is 21.1. The van der Waals surface area contributed by atoms with Crippen LogP contribution in [0.5, 0.6) is 11.6 Å². The number of aromatic hydroxyl groups is 1. The molecule has 30 heavy (non-hydrogen) atoms. The first-order chi connectivity index (χ1) is 14.4. The SMILES string of the molecule is O=S(=O)(Nc1cccc([C@@H](O)CNCCOc2ccc3c(O)n[nH]c3c2)c1)C1CC1. The van der Waals surface area contributed by atoms with Crippen LogP contribution >= 0.6 is 0 Å². The highest BCUT2D eigenvalue weighted by Gasteiger charge is 2.35. The average Bonchev–Trinajstić information content (AvgIpc) is 3.53. The largest absolute Gasteiger partial charge is 0.492 e. The molecule has 4 rings (SSSR count). The fourth-order valence-electron chi connectivity index (χ4n) is 3.11. The molecule has 160 valence electrons. The van der Waals surface area contributed by atoms with Crippen molar-refractivity contribution >= 4 is 26.6 Å². The van der Waals surface area contributed by atoms with Crippen LogP contribution in [-0.4, -0.2) is 53.8 Å². The smallest absolute Gasteiger partial charge is 0.238 e. The molecule has 0 aliphatic heterocycles. The number of aliphatic hydroxyl groups excluding tert-OH is 1. The van der Waals surface area contributed by atoms with Gasteiger partial charge in [-0.15, -0.1) is 5.10 Å². The highest BCUT2D eigenvalue weighted by molar-refractivity contribution is 7.93. The first-order valence-corrected chi connectivity index (χ1v) is 11.3. The fraction of sp³-hybridized carbons (Fsp3) is 0.350. The Balaban J connectivity index is 1.23. The number of H-pyrrole nitrogens is 1. The van der Waals surface area contributed by atoms with E-state index in [4.69, 9.17) is 4.74 Å². The van der Waals surface area contributed by atoms with E-state index in [9.17, 15) is 18.6 Å². The van der Waals surface area contributed by atoms with Gasteiger partial charge in [-0.25, -0.2) is 8.42 Å². The highest BCUT2D eigenvalue weighted by atomic mass is 32.2. The monoisotopic (exact) mass is 432 g/mol. The lowest BCUT2D eigenvalue weighted by molar-refractivity contribution is 0.172.